The summed E-state index contributed by atoms with van der Waals surface area (Å²) in [5.74, 6) is 1.50. The van der Waals surface area contributed by atoms with Gasteiger partial charge in [-0.1, -0.05) is 0 Å². The highest BCUT2D eigenvalue weighted by molar-refractivity contribution is 5.55. The van der Waals surface area contributed by atoms with E-state index in [4.69, 9.17) is 15.2 Å². The van der Waals surface area contributed by atoms with Gasteiger partial charge in [0.1, 0.15) is 17.6 Å². The Bertz CT molecular complexity index is 387. The van der Waals surface area contributed by atoms with E-state index in [1.165, 1.54) is 0 Å². The van der Waals surface area contributed by atoms with Crippen molar-refractivity contribution in [1.29, 1.82) is 0 Å². The van der Waals surface area contributed by atoms with Crippen LogP contribution in [0.3, 0.4) is 0 Å². The SMILES string of the molecule is COc1cc(OC2CC(N(C)C)C2)ccc1N. The molecule has 0 bridgehead atoms. The Morgan fingerprint density at radius 1 is 1.29 bits per heavy atom. The fourth-order valence-electron chi connectivity index (χ4n) is 2.01. The van der Waals surface area contributed by atoms with E-state index in [9.17, 15) is 0 Å². The van der Waals surface area contributed by atoms with E-state index in [0.29, 0.717) is 23.6 Å². The number of benzene rings is 1. The molecule has 17 heavy (non-hydrogen) atoms. The molecular formula is C13H20N2O2. The average molecular weight is 236 g/mol. The molecule has 0 saturated heterocycles. The first kappa shape index (κ1) is 12.0. The van der Waals surface area contributed by atoms with Crippen LogP contribution in [0.15, 0.2) is 18.2 Å². The van der Waals surface area contributed by atoms with Crippen molar-refractivity contribution in [3.05, 3.63) is 18.2 Å². The first-order valence-electron chi connectivity index (χ1n) is 5.86. The Labute approximate surface area is 102 Å². The number of hydrogen-bond acceptors (Lipinski definition) is 4. The van der Waals surface area contributed by atoms with Gasteiger partial charge < -0.3 is 20.1 Å². The van der Waals surface area contributed by atoms with E-state index in [1.807, 2.05) is 18.2 Å². The number of methoxy groups -OCH3 is 1. The van der Waals surface area contributed by atoms with E-state index in [2.05, 4.69) is 19.0 Å². The van der Waals surface area contributed by atoms with Crippen molar-refractivity contribution >= 4 is 5.69 Å². The Hall–Kier alpha value is -1.42. The zero-order valence-corrected chi connectivity index (χ0v) is 10.6. The number of nitrogens with two attached hydrogens (primary N) is 1. The molecule has 1 fully saturated rings. The van der Waals surface area contributed by atoms with Crippen molar-refractivity contribution in [2.75, 3.05) is 26.9 Å². The van der Waals surface area contributed by atoms with Crippen LogP contribution in [-0.2, 0) is 0 Å². The van der Waals surface area contributed by atoms with Crippen LogP contribution >= 0.6 is 0 Å². The van der Waals surface area contributed by atoms with Crippen LogP contribution < -0.4 is 15.2 Å². The summed E-state index contributed by atoms with van der Waals surface area (Å²) < 4.78 is 11.0. The molecule has 0 spiro atoms. The minimum atomic E-state index is 0.315. The smallest absolute Gasteiger partial charge is 0.145 e. The lowest BCUT2D eigenvalue weighted by molar-refractivity contribution is 0.0400. The van der Waals surface area contributed by atoms with Crippen LogP contribution in [0.1, 0.15) is 12.8 Å². The summed E-state index contributed by atoms with van der Waals surface area (Å²) in [5.41, 5.74) is 6.39. The molecule has 0 atom stereocenters. The zero-order chi connectivity index (χ0) is 12.4. The average Bonchev–Trinajstić information content (AvgIpc) is 2.24. The van der Waals surface area contributed by atoms with Crippen LogP contribution in [0.2, 0.25) is 0 Å². The third-order valence-corrected chi connectivity index (χ3v) is 3.31. The minimum Gasteiger partial charge on any atom is -0.494 e. The normalized spacial score (nSPS) is 23.3. The van der Waals surface area contributed by atoms with Gasteiger partial charge in [-0.2, -0.15) is 0 Å². The zero-order valence-electron chi connectivity index (χ0n) is 10.6. The topological polar surface area (TPSA) is 47.7 Å². The van der Waals surface area contributed by atoms with Crippen molar-refractivity contribution < 1.29 is 9.47 Å². The van der Waals surface area contributed by atoms with Gasteiger partial charge in [0.25, 0.3) is 0 Å². The maximum absolute atomic E-state index is 5.87. The molecule has 2 rings (SSSR count). The summed E-state index contributed by atoms with van der Waals surface area (Å²) in [6, 6.07) is 6.20. The summed E-state index contributed by atoms with van der Waals surface area (Å²) in [5, 5.41) is 0. The Morgan fingerprint density at radius 3 is 2.59 bits per heavy atom. The maximum Gasteiger partial charge on any atom is 0.145 e. The Balaban J connectivity index is 1.92. The predicted octanol–water partition coefficient (Wildman–Crippen LogP) is 1.75. The van der Waals surface area contributed by atoms with Gasteiger partial charge in [-0.25, -0.2) is 0 Å². The first-order valence-corrected chi connectivity index (χ1v) is 5.86. The second-order valence-corrected chi connectivity index (χ2v) is 4.73. The number of hydrogen-bond donors (Lipinski definition) is 1. The number of rotatable bonds is 4. The summed E-state index contributed by atoms with van der Waals surface area (Å²) in [6.07, 6.45) is 2.48. The van der Waals surface area contributed by atoms with Crippen LogP contribution in [0.25, 0.3) is 0 Å². The number of nitrogen functional groups attached to an aromatic ring is 1. The monoisotopic (exact) mass is 236 g/mol. The molecule has 0 unspecified atom stereocenters. The summed E-state index contributed by atoms with van der Waals surface area (Å²) in [7, 11) is 5.82. The van der Waals surface area contributed by atoms with Gasteiger partial charge in [0, 0.05) is 12.1 Å². The van der Waals surface area contributed by atoms with Crippen molar-refractivity contribution in [1.82, 2.24) is 4.90 Å². The lowest BCUT2D eigenvalue weighted by Crippen LogP contribution is -2.46. The summed E-state index contributed by atoms with van der Waals surface area (Å²) >= 11 is 0. The third kappa shape index (κ3) is 2.64. The molecule has 1 aliphatic rings. The van der Waals surface area contributed by atoms with Crippen molar-refractivity contribution in [3.8, 4) is 11.5 Å². The Morgan fingerprint density at radius 2 is 2.00 bits per heavy atom. The molecule has 2 N–H and O–H groups in total. The minimum absolute atomic E-state index is 0.315. The lowest BCUT2D eigenvalue weighted by atomic mass is 9.88. The number of nitrogens with zero attached hydrogens (tertiary/aromatic N) is 1. The van der Waals surface area contributed by atoms with Crippen molar-refractivity contribution in [3.63, 3.8) is 0 Å². The fourth-order valence-corrected chi connectivity index (χ4v) is 2.01. The second-order valence-electron chi connectivity index (χ2n) is 4.73. The van der Waals surface area contributed by atoms with E-state index in [-0.39, 0.29) is 0 Å². The molecular weight excluding hydrogens is 216 g/mol. The van der Waals surface area contributed by atoms with Crippen molar-refractivity contribution in [2.45, 2.75) is 25.0 Å². The van der Waals surface area contributed by atoms with Crippen LogP contribution in [0, 0.1) is 0 Å². The van der Waals surface area contributed by atoms with Gasteiger partial charge in [0.15, 0.2) is 0 Å². The molecule has 4 heteroatoms. The molecule has 0 aromatic heterocycles. The van der Waals surface area contributed by atoms with E-state index in [1.54, 1.807) is 7.11 Å². The Kier molecular flexibility index (Phi) is 3.43. The molecule has 1 aromatic carbocycles. The summed E-state index contributed by atoms with van der Waals surface area (Å²) in [6.45, 7) is 0. The van der Waals surface area contributed by atoms with Crippen LogP contribution in [-0.4, -0.2) is 38.3 Å². The number of anilines is 1. The number of ether oxygens (including phenoxy) is 2. The van der Waals surface area contributed by atoms with E-state index >= 15 is 0 Å². The van der Waals surface area contributed by atoms with Gasteiger partial charge in [-0.05, 0) is 39.1 Å². The molecule has 4 nitrogen and oxygen atoms in total. The molecule has 1 aliphatic carbocycles. The van der Waals surface area contributed by atoms with Gasteiger partial charge >= 0.3 is 0 Å². The van der Waals surface area contributed by atoms with Gasteiger partial charge in [-0.3, -0.25) is 0 Å². The lowest BCUT2D eigenvalue weighted by Gasteiger charge is -2.39. The van der Waals surface area contributed by atoms with Gasteiger partial charge in [0.05, 0.1) is 12.8 Å². The van der Waals surface area contributed by atoms with Crippen molar-refractivity contribution in [2.24, 2.45) is 0 Å². The summed E-state index contributed by atoms with van der Waals surface area (Å²) in [4.78, 5) is 2.24. The predicted molar refractivity (Wildman–Crippen MR) is 68.5 cm³/mol. The highest BCUT2D eigenvalue weighted by atomic mass is 16.5. The quantitative estimate of drug-likeness (QED) is 0.809. The molecule has 0 heterocycles. The molecule has 0 aliphatic heterocycles. The molecule has 94 valence electrons. The second kappa shape index (κ2) is 4.84. The maximum atomic E-state index is 5.87. The largest absolute Gasteiger partial charge is 0.494 e. The van der Waals surface area contributed by atoms with E-state index in [0.717, 1.165) is 18.6 Å². The standard InChI is InChI=1S/C13H20N2O2/c1-15(2)9-6-11(7-9)17-10-4-5-12(14)13(8-10)16-3/h4-5,8-9,11H,6-7,14H2,1-3H3. The fraction of sp³-hybridized carbons (Fsp3) is 0.538. The third-order valence-electron chi connectivity index (χ3n) is 3.31. The highest BCUT2D eigenvalue weighted by Gasteiger charge is 2.32. The highest BCUT2D eigenvalue weighted by Crippen LogP contribution is 2.32. The van der Waals surface area contributed by atoms with E-state index < -0.39 is 0 Å². The van der Waals surface area contributed by atoms with Crippen LogP contribution in [0.4, 0.5) is 5.69 Å². The van der Waals surface area contributed by atoms with Gasteiger partial charge in [-0.15, -0.1) is 0 Å². The van der Waals surface area contributed by atoms with Crippen LogP contribution in [0.5, 0.6) is 11.5 Å². The molecule has 0 amide bonds. The molecule has 1 aromatic rings. The van der Waals surface area contributed by atoms with Gasteiger partial charge in [0.2, 0.25) is 0 Å². The first-order chi connectivity index (χ1) is 8.10. The molecule has 0 radical (unpaired) electrons. The molecule has 1 saturated carbocycles.